The van der Waals surface area contributed by atoms with Gasteiger partial charge in [-0.3, -0.25) is 9.59 Å². The zero-order valence-electron chi connectivity index (χ0n) is 13.0. The van der Waals surface area contributed by atoms with Crippen LogP contribution in [0.25, 0.3) is 0 Å². The van der Waals surface area contributed by atoms with E-state index in [0.29, 0.717) is 16.9 Å². The second kappa shape index (κ2) is 6.54. The molecule has 0 fully saturated rings. The molecule has 6 heteroatoms. The summed E-state index contributed by atoms with van der Waals surface area (Å²) >= 11 is 0. The van der Waals surface area contributed by atoms with Gasteiger partial charge in [0.2, 0.25) is 11.8 Å². The van der Waals surface area contributed by atoms with E-state index in [1.807, 2.05) is 6.07 Å². The fraction of sp³-hybridized carbons (Fsp3) is 0.167. The van der Waals surface area contributed by atoms with E-state index in [1.165, 1.54) is 6.92 Å². The van der Waals surface area contributed by atoms with E-state index in [0.717, 1.165) is 5.56 Å². The maximum atomic E-state index is 12.2. The first-order valence-corrected chi connectivity index (χ1v) is 7.50. The number of ether oxygens (including phenoxy) is 1. The van der Waals surface area contributed by atoms with Gasteiger partial charge in [0, 0.05) is 23.9 Å². The minimum Gasteiger partial charge on any atom is -0.453 e. The van der Waals surface area contributed by atoms with Crippen molar-refractivity contribution in [2.75, 3.05) is 10.6 Å². The molecular weight excluding hydrogens is 308 g/mol. The first-order chi connectivity index (χ1) is 11.5. The molecule has 6 nitrogen and oxygen atoms in total. The zero-order chi connectivity index (χ0) is 17.1. The van der Waals surface area contributed by atoms with Crippen molar-refractivity contribution in [3.05, 3.63) is 59.7 Å². The highest BCUT2D eigenvalue weighted by Crippen LogP contribution is 2.32. The Morgan fingerprint density at radius 3 is 2.29 bits per heavy atom. The summed E-state index contributed by atoms with van der Waals surface area (Å²) in [4.78, 5) is 34.9. The summed E-state index contributed by atoms with van der Waals surface area (Å²) in [5.41, 5.74) is 2.50. The van der Waals surface area contributed by atoms with Crippen molar-refractivity contribution in [2.24, 2.45) is 0 Å². The molecule has 2 amide bonds. The van der Waals surface area contributed by atoms with Crippen LogP contribution in [0.2, 0.25) is 0 Å². The van der Waals surface area contributed by atoms with Gasteiger partial charge in [-0.1, -0.05) is 18.2 Å². The van der Waals surface area contributed by atoms with E-state index in [2.05, 4.69) is 10.6 Å². The summed E-state index contributed by atoms with van der Waals surface area (Å²) in [5.74, 6) is -0.812. The number of amides is 2. The van der Waals surface area contributed by atoms with Crippen LogP contribution < -0.4 is 10.6 Å². The standard InChI is InChI=1S/C18H16N2O4/c1-11(21)19-12-6-8-13(9-7-12)20-17(22)10-16-14-4-2-3-5-15(14)18(23)24-16/h2-9,16H,10H2,1H3,(H,19,21)(H,20,22)/t16-/m1/s1. The minimum atomic E-state index is -0.563. The average molecular weight is 324 g/mol. The number of nitrogens with one attached hydrogen (secondary N) is 2. The van der Waals surface area contributed by atoms with Crippen LogP contribution in [0.1, 0.15) is 35.4 Å². The highest BCUT2D eigenvalue weighted by molar-refractivity contribution is 5.96. The number of hydrogen-bond donors (Lipinski definition) is 2. The second-order valence-electron chi connectivity index (χ2n) is 5.49. The molecule has 1 aliphatic rings. The average Bonchev–Trinajstić information content (AvgIpc) is 2.85. The maximum absolute atomic E-state index is 12.2. The Morgan fingerprint density at radius 1 is 1.00 bits per heavy atom. The van der Waals surface area contributed by atoms with Crippen LogP contribution in [0.5, 0.6) is 0 Å². The Hall–Kier alpha value is -3.15. The second-order valence-corrected chi connectivity index (χ2v) is 5.49. The van der Waals surface area contributed by atoms with Crippen molar-refractivity contribution in [1.29, 1.82) is 0 Å². The molecule has 1 atom stereocenters. The molecule has 1 heterocycles. The largest absolute Gasteiger partial charge is 0.453 e. The van der Waals surface area contributed by atoms with Crippen LogP contribution >= 0.6 is 0 Å². The molecule has 122 valence electrons. The molecule has 0 spiro atoms. The number of cyclic esters (lactones) is 1. The molecule has 2 aromatic rings. The molecule has 0 radical (unpaired) electrons. The lowest BCUT2D eigenvalue weighted by atomic mass is 10.0. The van der Waals surface area contributed by atoms with Gasteiger partial charge in [-0.05, 0) is 30.3 Å². The molecule has 0 aromatic heterocycles. The van der Waals surface area contributed by atoms with E-state index in [-0.39, 0.29) is 18.2 Å². The van der Waals surface area contributed by atoms with E-state index in [1.54, 1.807) is 42.5 Å². The Bertz CT molecular complexity index is 799. The highest BCUT2D eigenvalue weighted by atomic mass is 16.5. The summed E-state index contributed by atoms with van der Waals surface area (Å²) in [6.45, 7) is 1.43. The van der Waals surface area contributed by atoms with Gasteiger partial charge in [-0.25, -0.2) is 4.79 Å². The SMILES string of the molecule is CC(=O)Nc1ccc(NC(=O)C[C@H]2OC(=O)c3ccccc32)cc1. The van der Waals surface area contributed by atoms with Crippen LogP contribution in [-0.4, -0.2) is 17.8 Å². The smallest absolute Gasteiger partial charge is 0.339 e. The fourth-order valence-corrected chi connectivity index (χ4v) is 2.59. The summed E-state index contributed by atoms with van der Waals surface area (Å²) in [5, 5.41) is 5.40. The number of esters is 1. The van der Waals surface area contributed by atoms with Gasteiger partial charge in [-0.2, -0.15) is 0 Å². The number of hydrogen-bond acceptors (Lipinski definition) is 4. The molecule has 1 aliphatic heterocycles. The number of benzene rings is 2. The van der Waals surface area contributed by atoms with Crippen molar-refractivity contribution < 1.29 is 19.1 Å². The molecule has 24 heavy (non-hydrogen) atoms. The van der Waals surface area contributed by atoms with Crippen molar-refractivity contribution in [3.63, 3.8) is 0 Å². The van der Waals surface area contributed by atoms with Crippen LogP contribution in [0.3, 0.4) is 0 Å². The molecule has 2 N–H and O–H groups in total. The monoisotopic (exact) mass is 324 g/mol. The number of rotatable bonds is 4. The Balaban J connectivity index is 1.62. The van der Waals surface area contributed by atoms with Crippen LogP contribution in [0.15, 0.2) is 48.5 Å². The molecule has 0 unspecified atom stereocenters. The lowest BCUT2D eigenvalue weighted by Crippen LogP contribution is -2.15. The zero-order valence-corrected chi connectivity index (χ0v) is 13.0. The fourth-order valence-electron chi connectivity index (χ4n) is 2.59. The Morgan fingerprint density at radius 2 is 1.62 bits per heavy atom. The van der Waals surface area contributed by atoms with Gasteiger partial charge in [0.1, 0.15) is 6.10 Å². The lowest BCUT2D eigenvalue weighted by molar-refractivity contribution is -0.118. The van der Waals surface area contributed by atoms with E-state index in [9.17, 15) is 14.4 Å². The van der Waals surface area contributed by atoms with Gasteiger partial charge in [-0.15, -0.1) is 0 Å². The van der Waals surface area contributed by atoms with Gasteiger partial charge >= 0.3 is 5.97 Å². The van der Waals surface area contributed by atoms with Gasteiger partial charge in [0.05, 0.1) is 12.0 Å². The third-order valence-electron chi connectivity index (χ3n) is 3.64. The molecule has 0 saturated carbocycles. The number of anilines is 2. The minimum absolute atomic E-state index is 0.0518. The predicted molar refractivity (Wildman–Crippen MR) is 88.6 cm³/mol. The van der Waals surface area contributed by atoms with Gasteiger partial charge in [0.15, 0.2) is 0 Å². The van der Waals surface area contributed by atoms with E-state index < -0.39 is 12.1 Å². The van der Waals surface area contributed by atoms with E-state index in [4.69, 9.17) is 4.74 Å². The third kappa shape index (κ3) is 3.43. The molecule has 3 rings (SSSR count). The summed E-state index contributed by atoms with van der Waals surface area (Å²) in [7, 11) is 0. The molecule has 0 bridgehead atoms. The third-order valence-corrected chi connectivity index (χ3v) is 3.64. The van der Waals surface area contributed by atoms with E-state index >= 15 is 0 Å². The molecule has 0 aliphatic carbocycles. The first-order valence-electron chi connectivity index (χ1n) is 7.50. The first kappa shape index (κ1) is 15.7. The lowest BCUT2D eigenvalue weighted by Gasteiger charge is -2.11. The van der Waals surface area contributed by atoms with Gasteiger partial charge in [0.25, 0.3) is 0 Å². The van der Waals surface area contributed by atoms with Crippen molar-refractivity contribution in [1.82, 2.24) is 0 Å². The number of carbonyl (C=O) groups excluding carboxylic acids is 3. The van der Waals surface area contributed by atoms with Crippen molar-refractivity contribution >= 4 is 29.2 Å². The topological polar surface area (TPSA) is 84.5 Å². The van der Waals surface area contributed by atoms with Crippen molar-refractivity contribution in [2.45, 2.75) is 19.4 Å². The van der Waals surface area contributed by atoms with Crippen LogP contribution in [-0.2, 0) is 14.3 Å². The summed E-state index contributed by atoms with van der Waals surface area (Å²) in [6, 6.07) is 13.8. The summed E-state index contributed by atoms with van der Waals surface area (Å²) in [6.07, 6.45) is -0.511. The van der Waals surface area contributed by atoms with Crippen molar-refractivity contribution in [3.8, 4) is 0 Å². The number of carbonyl (C=O) groups is 3. The highest BCUT2D eigenvalue weighted by Gasteiger charge is 2.31. The summed E-state index contributed by atoms with van der Waals surface area (Å²) < 4.78 is 5.26. The Labute approximate surface area is 138 Å². The molecular formula is C18H16N2O4. The molecule has 0 saturated heterocycles. The predicted octanol–water partition coefficient (Wildman–Crippen LogP) is 2.89. The van der Waals surface area contributed by atoms with Crippen LogP contribution in [0.4, 0.5) is 11.4 Å². The quantitative estimate of drug-likeness (QED) is 0.847. The molecule has 2 aromatic carbocycles. The normalized spacial score (nSPS) is 15.4. The number of fused-ring (bicyclic) bond motifs is 1. The van der Waals surface area contributed by atoms with Crippen LogP contribution in [0, 0.1) is 0 Å². The van der Waals surface area contributed by atoms with Gasteiger partial charge < -0.3 is 15.4 Å². The Kier molecular flexibility index (Phi) is 4.29. The maximum Gasteiger partial charge on any atom is 0.339 e.